The monoisotopic (exact) mass is 423 g/mol. The number of rotatable bonds is 6. The molecule has 158 valence electrons. The van der Waals surface area contributed by atoms with E-state index in [1.54, 1.807) is 24.3 Å². The third kappa shape index (κ3) is 3.40. The van der Waals surface area contributed by atoms with Crippen LogP contribution in [0.25, 0.3) is 0 Å². The van der Waals surface area contributed by atoms with Crippen molar-refractivity contribution < 1.29 is 27.9 Å². The molecular formula is C19H25N3O6S. The Bertz CT molecular complexity index is 931. The number of carbonyl (C=O) groups excluding carboxylic acids is 3. The van der Waals surface area contributed by atoms with Crippen molar-refractivity contribution in [3.05, 3.63) is 35.9 Å². The number of hydrogen-bond donors (Lipinski definition) is 3. The van der Waals surface area contributed by atoms with Gasteiger partial charge in [0.05, 0.1) is 23.8 Å². The van der Waals surface area contributed by atoms with Crippen LogP contribution in [0.5, 0.6) is 0 Å². The van der Waals surface area contributed by atoms with Gasteiger partial charge in [-0.15, -0.1) is 0 Å². The maximum absolute atomic E-state index is 12.8. The normalized spacial score (nSPS) is 26.1. The van der Waals surface area contributed by atoms with E-state index in [2.05, 4.69) is 10.6 Å². The van der Waals surface area contributed by atoms with Gasteiger partial charge in [-0.3, -0.25) is 14.4 Å². The van der Waals surface area contributed by atoms with Crippen molar-refractivity contribution in [1.29, 1.82) is 0 Å². The summed E-state index contributed by atoms with van der Waals surface area (Å²) in [7, 11) is -3.70. The van der Waals surface area contributed by atoms with Crippen LogP contribution >= 0.6 is 0 Å². The van der Waals surface area contributed by atoms with Crippen LogP contribution in [0.4, 0.5) is 0 Å². The maximum atomic E-state index is 12.8. The van der Waals surface area contributed by atoms with Gasteiger partial charge < -0.3 is 20.6 Å². The third-order valence-electron chi connectivity index (χ3n) is 5.68. The first-order valence-electron chi connectivity index (χ1n) is 9.33. The Labute approximate surface area is 169 Å². The highest BCUT2D eigenvalue weighted by molar-refractivity contribution is 7.93. The number of aliphatic hydroxyl groups excluding tert-OH is 1. The SMILES string of the molecule is CC(NC(=O)C1N2C(=O)CC2S(=O)(=O)C1(C)C)C(=O)NC(CO)c1ccccc1. The second-order valence-corrected chi connectivity index (χ2v) is 10.6. The molecule has 3 amide bonds. The molecule has 2 heterocycles. The topological polar surface area (TPSA) is 133 Å². The van der Waals surface area contributed by atoms with E-state index < -0.39 is 55.8 Å². The Hall–Kier alpha value is -2.46. The molecule has 4 atom stereocenters. The van der Waals surface area contributed by atoms with Gasteiger partial charge in [-0.25, -0.2) is 8.42 Å². The average Bonchev–Trinajstić information content (AvgIpc) is 2.80. The smallest absolute Gasteiger partial charge is 0.245 e. The van der Waals surface area contributed by atoms with Crippen molar-refractivity contribution in [3.8, 4) is 0 Å². The molecule has 4 unspecified atom stereocenters. The van der Waals surface area contributed by atoms with Crippen LogP contribution in [0.2, 0.25) is 0 Å². The minimum Gasteiger partial charge on any atom is -0.394 e. The quantitative estimate of drug-likeness (QED) is 0.527. The predicted octanol–water partition coefficient (Wildman–Crippen LogP) is -0.525. The van der Waals surface area contributed by atoms with E-state index in [-0.39, 0.29) is 13.0 Å². The van der Waals surface area contributed by atoms with E-state index in [1.807, 2.05) is 6.07 Å². The molecule has 1 aromatic rings. The zero-order valence-corrected chi connectivity index (χ0v) is 17.3. The van der Waals surface area contributed by atoms with Crippen molar-refractivity contribution in [2.75, 3.05) is 6.61 Å². The number of nitrogens with one attached hydrogen (secondary N) is 2. The molecule has 3 rings (SSSR count). The molecule has 0 aromatic heterocycles. The molecule has 2 fully saturated rings. The van der Waals surface area contributed by atoms with Gasteiger partial charge in [0.15, 0.2) is 9.84 Å². The molecule has 0 bridgehead atoms. The molecule has 29 heavy (non-hydrogen) atoms. The molecule has 2 aliphatic rings. The summed E-state index contributed by atoms with van der Waals surface area (Å²) in [6.45, 7) is 3.97. The first-order chi connectivity index (χ1) is 13.5. The number of aliphatic hydroxyl groups is 1. The lowest BCUT2D eigenvalue weighted by Crippen LogP contribution is -2.61. The highest BCUT2D eigenvalue weighted by Gasteiger charge is 2.67. The first-order valence-corrected chi connectivity index (χ1v) is 10.9. The van der Waals surface area contributed by atoms with Gasteiger partial charge in [0.25, 0.3) is 0 Å². The molecule has 2 saturated heterocycles. The summed E-state index contributed by atoms with van der Waals surface area (Å²) in [4.78, 5) is 38.4. The van der Waals surface area contributed by atoms with E-state index in [0.717, 1.165) is 4.90 Å². The molecule has 2 aliphatic heterocycles. The van der Waals surface area contributed by atoms with E-state index in [0.29, 0.717) is 5.56 Å². The number of sulfone groups is 1. The predicted molar refractivity (Wildman–Crippen MR) is 104 cm³/mol. The Morgan fingerprint density at radius 2 is 1.86 bits per heavy atom. The van der Waals surface area contributed by atoms with Crippen LogP contribution < -0.4 is 10.6 Å². The van der Waals surface area contributed by atoms with Crippen molar-refractivity contribution in [1.82, 2.24) is 15.5 Å². The zero-order chi connectivity index (χ0) is 21.6. The van der Waals surface area contributed by atoms with Gasteiger partial charge in [-0.2, -0.15) is 0 Å². The van der Waals surface area contributed by atoms with Crippen LogP contribution in [-0.2, 0) is 24.2 Å². The van der Waals surface area contributed by atoms with Gasteiger partial charge in [0.2, 0.25) is 17.7 Å². The highest BCUT2D eigenvalue weighted by Crippen LogP contribution is 2.45. The van der Waals surface area contributed by atoms with E-state index in [9.17, 15) is 27.9 Å². The Morgan fingerprint density at radius 3 is 2.41 bits per heavy atom. The number of nitrogens with zero attached hydrogens (tertiary/aromatic N) is 1. The van der Waals surface area contributed by atoms with Gasteiger partial charge >= 0.3 is 0 Å². The number of benzene rings is 1. The lowest BCUT2D eigenvalue weighted by atomic mass is 9.97. The van der Waals surface area contributed by atoms with Crippen molar-refractivity contribution in [3.63, 3.8) is 0 Å². The number of fused-ring (bicyclic) bond motifs is 1. The fraction of sp³-hybridized carbons (Fsp3) is 0.526. The van der Waals surface area contributed by atoms with Crippen LogP contribution in [0, 0.1) is 0 Å². The summed E-state index contributed by atoms with van der Waals surface area (Å²) in [5.74, 6) is -1.63. The average molecular weight is 423 g/mol. The summed E-state index contributed by atoms with van der Waals surface area (Å²) in [5, 5.41) is 13.8. The first kappa shape index (κ1) is 21.3. The molecule has 0 spiro atoms. The summed E-state index contributed by atoms with van der Waals surface area (Å²) in [6.07, 6.45) is -0.124. The summed E-state index contributed by atoms with van der Waals surface area (Å²) in [6, 6.07) is 6.04. The number of carbonyl (C=O) groups is 3. The minimum atomic E-state index is -3.70. The van der Waals surface area contributed by atoms with Gasteiger partial charge in [-0.05, 0) is 26.3 Å². The van der Waals surface area contributed by atoms with Crippen LogP contribution in [0.15, 0.2) is 30.3 Å². The second kappa shape index (κ2) is 7.42. The lowest BCUT2D eigenvalue weighted by Gasteiger charge is -2.37. The van der Waals surface area contributed by atoms with E-state index in [4.69, 9.17) is 0 Å². The fourth-order valence-corrected chi connectivity index (χ4v) is 5.96. The van der Waals surface area contributed by atoms with Crippen molar-refractivity contribution >= 4 is 27.6 Å². The zero-order valence-electron chi connectivity index (χ0n) is 16.5. The summed E-state index contributed by atoms with van der Waals surface area (Å²) in [5.41, 5.74) is 0.707. The van der Waals surface area contributed by atoms with Gasteiger partial charge in [-0.1, -0.05) is 30.3 Å². The minimum absolute atomic E-state index is 0.124. The lowest BCUT2D eigenvalue weighted by molar-refractivity contribution is -0.150. The maximum Gasteiger partial charge on any atom is 0.245 e. The molecule has 0 radical (unpaired) electrons. The Balaban J connectivity index is 1.70. The van der Waals surface area contributed by atoms with Gasteiger partial charge in [0.1, 0.15) is 17.5 Å². The molecule has 0 saturated carbocycles. The van der Waals surface area contributed by atoms with Crippen LogP contribution in [0.1, 0.15) is 38.8 Å². The summed E-state index contributed by atoms with van der Waals surface area (Å²) >= 11 is 0. The van der Waals surface area contributed by atoms with Crippen molar-refractivity contribution in [2.45, 2.75) is 55.4 Å². The molecule has 10 heteroatoms. The second-order valence-electron chi connectivity index (χ2n) is 7.90. The number of amides is 3. The molecule has 0 aliphatic carbocycles. The highest BCUT2D eigenvalue weighted by atomic mass is 32.2. The standard InChI is InChI=1S/C19H25N3O6S/c1-11(17(25)21-13(10-23)12-7-5-4-6-8-12)20-18(26)16-19(2,3)29(27,28)15-9-14(24)22(15)16/h4-8,11,13,15-16,23H,9-10H2,1-3H3,(H,20,26)(H,21,25). The molecule has 1 aromatic carbocycles. The fourth-order valence-electron chi connectivity index (χ4n) is 3.83. The third-order valence-corrected chi connectivity index (χ3v) is 8.48. The van der Waals surface area contributed by atoms with Crippen LogP contribution in [-0.4, -0.2) is 65.0 Å². The Morgan fingerprint density at radius 1 is 1.24 bits per heavy atom. The van der Waals surface area contributed by atoms with Crippen LogP contribution in [0.3, 0.4) is 0 Å². The molecular weight excluding hydrogens is 398 g/mol. The van der Waals surface area contributed by atoms with E-state index in [1.165, 1.54) is 20.8 Å². The Kier molecular flexibility index (Phi) is 5.44. The molecule has 3 N–H and O–H groups in total. The largest absolute Gasteiger partial charge is 0.394 e. The van der Waals surface area contributed by atoms with Gasteiger partial charge in [0, 0.05) is 0 Å². The summed E-state index contributed by atoms with van der Waals surface area (Å²) < 4.78 is 23.8. The molecule has 9 nitrogen and oxygen atoms in total. The number of hydrogen-bond acceptors (Lipinski definition) is 6. The van der Waals surface area contributed by atoms with Crippen molar-refractivity contribution in [2.24, 2.45) is 0 Å². The number of β-lactam (4-membered cyclic amide) rings is 1. The van der Waals surface area contributed by atoms with E-state index >= 15 is 0 Å².